The van der Waals surface area contributed by atoms with Crippen LogP contribution in [0.25, 0.3) is 10.6 Å². The number of halogens is 1. The van der Waals surface area contributed by atoms with E-state index in [1.54, 1.807) is 23.1 Å². The second-order valence-electron chi connectivity index (χ2n) is 4.46. The summed E-state index contributed by atoms with van der Waals surface area (Å²) in [6.07, 6.45) is 3.06. The third kappa shape index (κ3) is 4.73. The standard InChI is InChI=1S/C15H17ClN2OS2/c1-20-8-2-7-17-14(19)11-3-5-12(6-4-11)15-18-13(9-16)10-21-15/h3-6,10H,2,7-9H2,1H3,(H,17,19). The zero-order valence-electron chi connectivity index (χ0n) is 11.8. The van der Waals surface area contributed by atoms with Crippen LogP contribution < -0.4 is 5.32 Å². The molecule has 0 fully saturated rings. The second kappa shape index (κ2) is 8.41. The van der Waals surface area contributed by atoms with Crippen molar-refractivity contribution in [3.63, 3.8) is 0 Å². The van der Waals surface area contributed by atoms with E-state index in [2.05, 4.69) is 16.6 Å². The molecule has 21 heavy (non-hydrogen) atoms. The molecule has 6 heteroatoms. The van der Waals surface area contributed by atoms with E-state index in [0.717, 1.165) is 28.4 Å². The van der Waals surface area contributed by atoms with Crippen molar-refractivity contribution in [2.24, 2.45) is 0 Å². The number of aromatic nitrogens is 1. The average molecular weight is 341 g/mol. The van der Waals surface area contributed by atoms with Gasteiger partial charge in [0, 0.05) is 23.1 Å². The summed E-state index contributed by atoms with van der Waals surface area (Å²) in [5.74, 6) is 1.46. The molecular formula is C15H17ClN2OS2. The zero-order valence-corrected chi connectivity index (χ0v) is 14.2. The molecular weight excluding hydrogens is 324 g/mol. The summed E-state index contributed by atoms with van der Waals surface area (Å²) in [5.41, 5.74) is 2.57. The zero-order chi connectivity index (χ0) is 15.1. The number of carbonyl (C=O) groups excluding carboxylic acids is 1. The minimum Gasteiger partial charge on any atom is -0.352 e. The van der Waals surface area contributed by atoms with Gasteiger partial charge in [0.1, 0.15) is 5.01 Å². The molecule has 2 aromatic rings. The van der Waals surface area contributed by atoms with Gasteiger partial charge in [0.25, 0.3) is 5.91 Å². The largest absolute Gasteiger partial charge is 0.352 e. The molecule has 1 aromatic heterocycles. The summed E-state index contributed by atoms with van der Waals surface area (Å²) in [7, 11) is 0. The van der Waals surface area contributed by atoms with E-state index in [9.17, 15) is 4.79 Å². The van der Waals surface area contributed by atoms with Crippen LogP contribution in [-0.2, 0) is 5.88 Å². The molecule has 2 rings (SSSR count). The van der Waals surface area contributed by atoms with Gasteiger partial charge >= 0.3 is 0 Å². The number of amides is 1. The van der Waals surface area contributed by atoms with E-state index >= 15 is 0 Å². The first-order valence-electron chi connectivity index (χ1n) is 6.62. The van der Waals surface area contributed by atoms with E-state index < -0.39 is 0 Å². The Morgan fingerprint density at radius 1 is 1.38 bits per heavy atom. The fourth-order valence-corrected chi connectivity index (χ4v) is 3.27. The lowest BCUT2D eigenvalue weighted by atomic mass is 10.1. The van der Waals surface area contributed by atoms with Gasteiger partial charge in [0.2, 0.25) is 0 Å². The summed E-state index contributed by atoms with van der Waals surface area (Å²) < 4.78 is 0. The first-order valence-corrected chi connectivity index (χ1v) is 9.43. The number of nitrogens with zero attached hydrogens (tertiary/aromatic N) is 1. The van der Waals surface area contributed by atoms with Gasteiger partial charge < -0.3 is 5.32 Å². The Hall–Kier alpha value is -1.04. The number of benzene rings is 1. The van der Waals surface area contributed by atoms with E-state index in [1.165, 1.54) is 0 Å². The van der Waals surface area contributed by atoms with Crippen molar-refractivity contribution in [3.05, 3.63) is 40.9 Å². The highest BCUT2D eigenvalue weighted by Crippen LogP contribution is 2.24. The van der Waals surface area contributed by atoms with Gasteiger partial charge in [0.05, 0.1) is 11.6 Å². The van der Waals surface area contributed by atoms with Gasteiger partial charge in [-0.25, -0.2) is 4.98 Å². The SMILES string of the molecule is CSCCCNC(=O)c1ccc(-c2nc(CCl)cs2)cc1. The van der Waals surface area contributed by atoms with Gasteiger partial charge in [-0.3, -0.25) is 4.79 Å². The summed E-state index contributed by atoms with van der Waals surface area (Å²) in [4.78, 5) is 16.4. The number of nitrogens with one attached hydrogen (secondary N) is 1. The Bertz CT molecular complexity index is 584. The quantitative estimate of drug-likeness (QED) is 0.611. The molecule has 0 aliphatic heterocycles. The molecule has 0 saturated heterocycles. The number of thioether (sulfide) groups is 1. The molecule has 0 radical (unpaired) electrons. The number of alkyl halides is 1. The van der Waals surface area contributed by atoms with Crippen molar-refractivity contribution >= 4 is 40.6 Å². The van der Waals surface area contributed by atoms with Crippen molar-refractivity contribution in [2.75, 3.05) is 18.6 Å². The summed E-state index contributed by atoms with van der Waals surface area (Å²) in [5, 5.41) is 5.80. The maximum atomic E-state index is 12.0. The number of hydrogen-bond donors (Lipinski definition) is 1. The number of rotatable bonds is 7. The third-order valence-corrected chi connectivity index (χ3v) is 4.80. The van der Waals surface area contributed by atoms with Crippen LogP contribution in [0.4, 0.5) is 0 Å². The van der Waals surface area contributed by atoms with Crippen LogP contribution >= 0.6 is 34.7 Å². The molecule has 0 unspecified atom stereocenters. The van der Waals surface area contributed by atoms with Crippen LogP contribution in [0.2, 0.25) is 0 Å². The topological polar surface area (TPSA) is 42.0 Å². The van der Waals surface area contributed by atoms with Crippen molar-refractivity contribution in [1.29, 1.82) is 0 Å². The number of hydrogen-bond acceptors (Lipinski definition) is 4. The van der Waals surface area contributed by atoms with Crippen LogP contribution in [-0.4, -0.2) is 29.4 Å². The normalized spacial score (nSPS) is 10.6. The number of thiazole rings is 1. The molecule has 0 saturated carbocycles. The van der Waals surface area contributed by atoms with E-state index in [-0.39, 0.29) is 5.91 Å². The Kier molecular flexibility index (Phi) is 6.54. The molecule has 0 atom stereocenters. The Morgan fingerprint density at radius 3 is 2.76 bits per heavy atom. The molecule has 0 aliphatic carbocycles. The molecule has 0 bridgehead atoms. The Morgan fingerprint density at radius 2 is 2.14 bits per heavy atom. The highest BCUT2D eigenvalue weighted by molar-refractivity contribution is 7.98. The molecule has 1 N–H and O–H groups in total. The molecule has 1 aromatic carbocycles. The lowest BCUT2D eigenvalue weighted by Crippen LogP contribution is -2.24. The van der Waals surface area contributed by atoms with E-state index in [1.807, 2.05) is 29.6 Å². The Balaban J connectivity index is 1.96. The van der Waals surface area contributed by atoms with Crippen molar-refractivity contribution in [2.45, 2.75) is 12.3 Å². The fourth-order valence-electron chi connectivity index (χ4n) is 1.79. The van der Waals surface area contributed by atoms with Crippen LogP contribution in [0.3, 0.4) is 0 Å². The predicted octanol–water partition coefficient (Wildman–Crippen LogP) is 4.03. The van der Waals surface area contributed by atoms with Crippen LogP contribution in [0.1, 0.15) is 22.5 Å². The predicted molar refractivity (Wildman–Crippen MR) is 92.4 cm³/mol. The maximum Gasteiger partial charge on any atom is 0.251 e. The van der Waals surface area contributed by atoms with Gasteiger partial charge in [-0.05, 0) is 30.6 Å². The second-order valence-corrected chi connectivity index (χ2v) is 6.57. The van der Waals surface area contributed by atoms with E-state index in [0.29, 0.717) is 18.0 Å². The maximum absolute atomic E-state index is 12.0. The van der Waals surface area contributed by atoms with E-state index in [4.69, 9.17) is 11.6 Å². The summed E-state index contributed by atoms with van der Waals surface area (Å²) in [6.45, 7) is 0.715. The van der Waals surface area contributed by atoms with Crippen molar-refractivity contribution < 1.29 is 4.79 Å². The van der Waals surface area contributed by atoms with Crippen molar-refractivity contribution in [3.8, 4) is 10.6 Å². The first-order chi connectivity index (χ1) is 10.2. The van der Waals surface area contributed by atoms with Gasteiger partial charge in [-0.15, -0.1) is 22.9 Å². The molecule has 3 nitrogen and oxygen atoms in total. The van der Waals surface area contributed by atoms with Crippen molar-refractivity contribution in [1.82, 2.24) is 10.3 Å². The highest BCUT2D eigenvalue weighted by atomic mass is 35.5. The monoisotopic (exact) mass is 340 g/mol. The lowest BCUT2D eigenvalue weighted by Gasteiger charge is -2.05. The minimum absolute atomic E-state index is 0.0248. The highest BCUT2D eigenvalue weighted by Gasteiger charge is 2.07. The molecule has 112 valence electrons. The average Bonchev–Trinajstić information content (AvgIpc) is 3.00. The molecule has 1 amide bonds. The van der Waals surface area contributed by atoms with Gasteiger partial charge in [-0.1, -0.05) is 12.1 Å². The summed E-state index contributed by atoms with van der Waals surface area (Å²) in [6, 6.07) is 7.52. The first kappa shape index (κ1) is 16.3. The summed E-state index contributed by atoms with van der Waals surface area (Å²) >= 11 is 9.10. The third-order valence-electron chi connectivity index (χ3n) is 2.89. The van der Waals surface area contributed by atoms with Crippen LogP contribution in [0.15, 0.2) is 29.6 Å². The Labute approximate surface area is 138 Å². The molecule has 1 heterocycles. The smallest absolute Gasteiger partial charge is 0.251 e. The van der Waals surface area contributed by atoms with Gasteiger partial charge in [0.15, 0.2) is 0 Å². The van der Waals surface area contributed by atoms with Crippen LogP contribution in [0.5, 0.6) is 0 Å². The fraction of sp³-hybridized carbons (Fsp3) is 0.333. The molecule has 0 aliphatic rings. The van der Waals surface area contributed by atoms with Gasteiger partial charge in [-0.2, -0.15) is 11.8 Å². The number of carbonyl (C=O) groups is 1. The minimum atomic E-state index is -0.0248. The molecule has 0 spiro atoms. The van der Waals surface area contributed by atoms with Crippen LogP contribution in [0, 0.1) is 0 Å². The lowest BCUT2D eigenvalue weighted by molar-refractivity contribution is 0.0954.